The molecular weight excluding hydrogens is 192 g/mol. The second kappa shape index (κ2) is 4.12. The first-order chi connectivity index (χ1) is 7.15. The summed E-state index contributed by atoms with van der Waals surface area (Å²) in [6, 6.07) is 0. The molecule has 2 aliphatic rings. The van der Waals surface area contributed by atoms with Gasteiger partial charge in [-0.15, -0.1) is 0 Å². The van der Waals surface area contributed by atoms with Crippen LogP contribution in [0, 0.1) is 17.3 Å². The third kappa shape index (κ3) is 1.89. The van der Waals surface area contributed by atoms with E-state index >= 15 is 0 Å². The molecule has 0 spiro atoms. The zero-order chi connectivity index (χ0) is 10.9. The minimum Gasteiger partial charge on any atom is -0.481 e. The van der Waals surface area contributed by atoms with Crippen LogP contribution < -0.4 is 0 Å². The van der Waals surface area contributed by atoms with E-state index in [2.05, 4.69) is 6.92 Å². The van der Waals surface area contributed by atoms with E-state index in [4.69, 9.17) is 4.74 Å². The monoisotopic (exact) mass is 212 g/mol. The van der Waals surface area contributed by atoms with E-state index in [1.165, 1.54) is 0 Å². The summed E-state index contributed by atoms with van der Waals surface area (Å²) in [6.45, 7) is 3.67. The number of carboxylic acids is 1. The molecule has 86 valence electrons. The van der Waals surface area contributed by atoms with Gasteiger partial charge in [-0.25, -0.2) is 0 Å². The van der Waals surface area contributed by atoms with Crippen LogP contribution in [-0.4, -0.2) is 24.3 Å². The Morgan fingerprint density at radius 1 is 1.53 bits per heavy atom. The SMILES string of the molecule is CC1CCCC1(CC1CCOC1)C(=O)O. The molecule has 0 amide bonds. The molecule has 0 radical (unpaired) electrons. The molecule has 3 heteroatoms. The van der Waals surface area contributed by atoms with Crippen LogP contribution in [0.15, 0.2) is 0 Å². The summed E-state index contributed by atoms with van der Waals surface area (Å²) in [5, 5.41) is 9.45. The molecular formula is C12H20O3. The molecule has 15 heavy (non-hydrogen) atoms. The highest BCUT2D eigenvalue weighted by Gasteiger charge is 2.48. The van der Waals surface area contributed by atoms with Gasteiger partial charge in [-0.3, -0.25) is 4.79 Å². The number of hydrogen-bond donors (Lipinski definition) is 1. The van der Waals surface area contributed by atoms with Crippen molar-refractivity contribution < 1.29 is 14.6 Å². The molecule has 1 aliphatic heterocycles. The first kappa shape index (κ1) is 10.9. The maximum Gasteiger partial charge on any atom is 0.309 e. The van der Waals surface area contributed by atoms with Gasteiger partial charge in [-0.05, 0) is 37.5 Å². The van der Waals surface area contributed by atoms with E-state index in [0.29, 0.717) is 11.8 Å². The van der Waals surface area contributed by atoms with Crippen molar-refractivity contribution in [1.29, 1.82) is 0 Å². The first-order valence-electron chi connectivity index (χ1n) is 5.96. The fourth-order valence-electron chi connectivity index (χ4n) is 3.21. The van der Waals surface area contributed by atoms with Crippen LogP contribution in [0.25, 0.3) is 0 Å². The average molecular weight is 212 g/mol. The first-order valence-corrected chi connectivity index (χ1v) is 5.96. The lowest BCUT2D eigenvalue weighted by molar-refractivity contribution is -0.152. The highest BCUT2D eigenvalue weighted by molar-refractivity contribution is 5.75. The standard InChI is InChI=1S/C12H20O3/c1-9-3-2-5-12(9,11(13)14)7-10-4-6-15-8-10/h9-10H,2-8H2,1H3,(H,13,14). The predicted octanol–water partition coefficient (Wildman–Crippen LogP) is 2.30. The second-order valence-corrected chi connectivity index (χ2v) is 5.19. The molecule has 2 fully saturated rings. The molecule has 0 bridgehead atoms. The summed E-state index contributed by atoms with van der Waals surface area (Å²) in [5.74, 6) is 0.219. The normalized spacial score (nSPS) is 40.9. The van der Waals surface area contributed by atoms with Crippen molar-refractivity contribution in [1.82, 2.24) is 0 Å². The Bertz CT molecular complexity index is 245. The van der Waals surface area contributed by atoms with Gasteiger partial charge in [0.05, 0.1) is 5.41 Å². The molecule has 0 aromatic carbocycles. The van der Waals surface area contributed by atoms with Crippen molar-refractivity contribution in [3.8, 4) is 0 Å². The van der Waals surface area contributed by atoms with Gasteiger partial charge in [-0.2, -0.15) is 0 Å². The lowest BCUT2D eigenvalue weighted by Gasteiger charge is -2.31. The van der Waals surface area contributed by atoms with Gasteiger partial charge in [-0.1, -0.05) is 13.3 Å². The van der Waals surface area contributed by atoms with Crippen molar-refractivity contribution in [2.75, 3.05) is 13.2 Å². The van der Waals surface area contributed by atoms with Crippen molar-refractivity contribution in [3.05, 3.63) is 0 Å². The number of carbonyl (C=O) groups is 1. The molecule has 1 saturated carbocycles. The number of rotatable bonds is 3. The number of carboxylic acid groups (broad SMARTS) is 1. The van der Waals surface area contributed by atoms with Crippen LogP contribution in [0.4, 0.5) is 0 Å². The van der Waals surface area contributed by atoms with Gasteiger partial charge < -0.3 is 9.84 Å². The minimum absolute atomic E-state index is 0.329. The average Bonchev–Trinajstić information content (AvgIpc) is 2.78. The Hall–Kier alpha value is -0.570. The maximum atomic E-state index is 11.5. The van der Waals surface area contributed by atoms with Crippen molar-refractivity contribution in [2.24, 2.45) is 17.3 Å². The van der Waals surface area contributed by atoms with Crippen LogP contribution in [0.2, 0.25) is 0 Å². The summed E-state index contributed by atoms with van der Waals surface area (Å²) in [5.41, 5.74) is -0.446. The van der Waals surface area contributed by atoms with Crippen molar-refractivity contribution >= 4 is 5.97 Å². The fraction of sp³-hybridized carbons (Fsp3) is 0.917. The molecule has 1 heterocycles. The van der Waals surface area contributed by atoms with E-state index < -0.39 is 11.4 Å². The van der Waals surface area contributed by atoms with Gasteiger partial charge in [0.25, 0.3) is 0 Å². The largest absolute Gasteiger partial charge is 0.481 e. The Morgan fingerprint density at radius 3 is 2.80 bits per heavy atom. The van der Waals surface area contributed by atoms with E-state index in [-0.39, 0.29) is 0 Å². The number of hydrogen-bond acceptors (Lipinski definition) is 2. The van der Waals surface area contributed by atoms with Crippen LogP contribution in [0.3, 0.4) is 0 Å². The Balaban J connectivity index is 2.08. The zero-order valence-electron chi connectivity index (χ0n) is 9.37. The fourth-order valence-corrected chi connectivity index (χ4v) is 3.21. The molecule has 3 atom stereocenters. The lowest BCUT2D eigenvalue weighted by atomic mass is 9.72. The molecule has 1 aliphatic carbocycles. The van der Waals surface area contributed by atoms with Gasteiger partial charge in [0.1, 0.15) is 0 Å². The second-order valence-electron chi connectivity index (χ2n) is 5.19. The van der Waals surface area contributed by atoms with Gasteiger partial charge in [0.2, 0.25) is 0 Å². The Kier molecular flexibility index (Phi) is 3.01. The quantitative estimate of drug-likeness (QED) is 0.780. The molecule has 1 N–H and O–H groups in total. The summed E-state index contributed by atoms with van der Waals surface area (Å²) >= 11 is 0. The molecule has 3 nitrogen and oxygen atoms in total. The highest BCUT2D eigenvalue weighted by Crippen LogP contribution is 2.48. The van der Waals surface area contributed by atoms with Crippen molar-refractivity contribution in [3.63, 3.8) is 0 Å². The summed E-state index contributed by atoms with van der Waals surface area (Å²) in [7, 11) is 0. The summed E-state index contributed by atoms with van der Waals surface area (Å²) in [6.07, 6.45) is 4.87. The van der Waals surface area contributed by atoms with Gasteiger partial charge in [0.15, 0.2) is 0 Å². The highest BCUT2D eigenvalue weighted by atomic mass is 16.5. The lowest BCUT2D eigenvalue weighted by Crippen LogP contribution is -2.35. The zero-order valence-corrected chi connectivity index (χ0v) is 9.37. The molecule has 0 aromatic heterocycles. The topological polar surface area (TPSA) is 46.5 Å². The van der Waals surface area contributed by atoms with Gasteiger partial charge >= 0.3 is 5.97 Å². The molecule has 0 aromatic rings. The third-order valence-corrected chi connectivity index (χ3v) is 4.31. The number of aliphatic carboxylic acids is 1. The predicted molar refractivity (Wildman–Crippen MR) is 56.6 cm³/mol. The molecule has 2 rings (SSSR count). The van der Waals surface area contributed by atoms with Crippen LogP contribution >= 0.6 is 0 Å². The maximum absolute atomic E-state index is 11.5. The Labute approximate surface area is 90.8 Å². The summed E-state index contributed by atoms with van der Waals surface area (Å²) in [4.78, 5) is 11.5. The molecule has 3 unspecified atom stereocenters. The smallest absolute Gasteiger partial charge is 0.309 e. The van der Waals surface area contributed by atoms with E-state index in [9.17, 15) is 9.90 Å². The van der Waals surface area contributed by atoms with Crippen LogP contribution in [0.1, 0.15) is 39.0 Å². The van der Waals surface area contributed by atoms with Gasteiger partial charge in [0, 0.05) is 13.2 Å². The third-order valence-electron chi connectivity index (χ3n) is 4.31. The van der Waals surface area contributed by atoms with E-state index in [1.807, 2.05) is 0 Å². The molecule has 1 saturated heterocycles. The van der Waals surface area contributed by atoms with Crippen molar-refractivity contribution in [2.45, 2.75) is 39.0 Å². The van der Waals surface area contributed by atoms with E-state index in [1.54, 1.807) is 0 Å². The number of ether oxygens (including phenoxy) is 1. The minimum atomic E-state index is -0.584. The van der Waals surface area contributed by atoms with E-state index in [0.717, 1.165) is 45.3 Å². The summed E-state index contributed by atoms with van der Waals surface area (Å²) < 4.78 is 5.33. The van der Waals surface area contributed by atoms with Crippen LogP contribution in [-0.2, 0) is 9.53 Å². The Morgan fingerprint density at radius 2 is 2.33 bits per heavy atom. The van der Waals surface area contributed by atoms with Crippen LogP contribution in [0.5, 0.6) is 0 Å².